The number of nitrogens with zero attached hydrogens (tertiary/aromatic N) is 4. The molecule has 30 heavy (non-hydrogen) atoms. The van der Waals surface area contributed by atoms with E-state index in [0.717, 1.165) is 30.1 Å². The molecule has 1 aliphatic carbocycles. The minimum atomic E-state index is -0.474. The molecule has 1 unspecified atom stereocenters. The largest absolute Gasteiger partial charge is 0.325 e. The summed E-state index contributed by atoms with van der Waals surface area (Å²) in [7, 11) is 1.92. The second kappa shape index (κ2) is 8.57. The number of nitrogens with one attached hydrogen (secondary N) is 1. The number of rotatable bonds is 6. The maximum absolute atomic E-state index is 12.3. The van der Waals surface area contributed by atoms with Crippen LogP contribution in [0.3, 0.4) is 0 Å². The zero-order valence-corrected chi connectivity index (χ0v) is 18.3. The maximum atomic E-state index is 12.3. The minimum absolute atomic E-state index is 0.0148. The van der Waals surface area contributed by atoms with Crippen molar-refractivity contribution < 1.29 is 9.72 Å². The van der Waals surface area contributed by atoms with Crippen molar-refractivity contribution in [2.24, 2.45) is 13.0 Å². The van der Waals surface area contributed by atoms with E-state index in [1.54, 1.807) is 11.3 Å². The Morgan fingerprint density at radius 1 is 1.37 bits per heavy atom. The van der Waals surface area contributed by atoms with Crippen LogP contribution in [-0.4, -0.2) is 31.3 Å². The lowest BCUT2D eigenvalue weighted by atomic mass is 9.88. The average Bonchev–Trinajstić information content (AvgIpc) is 3.29. The van der Waals surface area contributed by atoms with E-state index in [1.165, 1.54) is 52.9 Å². The van der Waals surface area contributed by atoms with Gasteiger partial charge in [-0.3, -0.25) is 14.9 Å². The second-order valence-electron chi connectivity index (χ2n) is 7.41. The summed E-state index contributed by atoms with van der Waals surface area (Å²) < 4.78 is 1.93. The highest BCUT2D eigenvalue weighted by atomic mass is 32.2. The van der Waals surface area contributed by atoms with Crippen LogP contribution in [0.1, 0.15) is 23.8 Å². The van der Waals surface area contributed by atoms with Crippen molar-refractivity contribution in [3.05, 3.63) is 50.2 Å². The monoisotopic (exact) mass is 443 g/mol. The lowest BCUT2D eigenvalue weighted by Crippen LogP contribution is -2.14. The van der Waals surface area contributed by atoms with Gasteiger partial charge in [0.25, 0.3) is 5.69 Å². The van der Waals surface area contributed by atoms with Crippen LogP contribution in [0, 0.1) is 16.0 Å². The fraction of sp³-hybridized carbons (Fsp3) is 0.350. The predicted molar refractivity (Wildman–Crippen MR) is 118 cm³/mol. The van der Waals surface area contributed by atoms with E-state index >= 15 is 0 Å². The molecular weight excluding hydrogens is 422 g/mol. The number of hydrogen-bond acceptors (Lipinski definition) is 7. The Hall–Kier alpha value is -2.72. The third-order valence-corrected chi connectivity index (χ3v) is 7.24. The Balaban J connectivity index is 1.40. The van der Waals surface area contributed by atoms with Crippen LogP contribution in [0.4, 0.5) is 11.4 Å². The van der Waals surface area contributed by atoms with Crippen molar-refractivity contribution in [3.8, 4) is 11.4 Å². The number of nitro benzene ring substituents is 1. The summed E-state index contributed by atoms with van der Waals surface area (Å²) in [6.07, 6.45) is 3.39. The van der Waals surface area contributed by atoms with Crippen LogP contribution in [0.2, 0.25) is 0 Å². The summed E-state index contributed by atoms with van der Waals surface area (Å²) in [6.45, 7) is 2.29. The number of thiophene rings is 1. The minimum Gasteiger partial charge on any atom is -0.325 e. The molecule has 2 aromatic heterocycles. The van der Waals surface area contributed by atoms with Gasteiger partial charge in [-0.05, 0) is 42.9 Å². The zero-order chi connectivity index (χ0) is 21.3. The van der Waals surface area contributed by atoms with Crippen molar-refractivity contribution in [1.29, 1.82) is 0 Å². The van der Waals surface area contributed by atoms with Crippen molar-refractivity contribution in [2.75, 3.05) is 11.1 Å². The molecular formula is C20H21N5O3S2. The van der Waals surface area contributed by atoms with Crippen molar-refractivity contribution >= 4 is 40.4 Å². The van der Waals surface area contributed by atoms with Crippen molar-refractivity contribution in [3.63, 3.8) is 0 Å². The van der Waals surface area contributed by atoms with Crippen LogP contribution in [0.5, 0.6) is 0 Å². The molecule has 8 nitrogen and oxygen atoms in total. The molecule has 1 aliphatic rings. The highest BCUT2D eigenvalue weighted by Crippen LogP contribution is 2.38. The van der Waals surface area contributed by atoms with E-state index in [0.29, 0.717) is 10.8 Å². The van der Waals surface area contributed by atoms with Gasteiger partial charge in [-0.15, -0.1) is 21.5 Å². The van der Waals surface area contributed by atoms with E-state index in [2.05, 4.69) is 27.8 Å². The zero-order valence-electron chi connectivity index (χ0n) is 16.6. The first-order valence-corrected chi connectivity index (χ1v) is 11.4. The molecule has 0 aliphatic heterocycles. The van der Waals surface area contributed by atoms with Gasteiger partial charge in [-0.25, -0.2) is 0 Å². The Kier molecular flexibility index (Phi) is 5.87. The van der Waals surface area contributed by atoms with Gasteiger partial charge in [0.05, 0.1) is 10.7 Å². The van der Waals surface area contributed by atoms with E-state index in [4.69, 9.17) is 0 Å². The van der Waals surface area contributed by atoms with Crippen LogP contribution in [0.15, 0.2) is 34.8 Å². The number of thioether (sulfide) groups is 1. The van der Waals surface area contributed by atoms with Crippen LogP contribution in [0.25, 0.3) is 11.4 Å². The summed E-state index contributed by atoms with van der Waals surface area (Å²) in [5.74, 6) is 1.52. The molecule has 2 heterocycles. The molecule has 10 heteroatoms. The quantitative estimate of drug-likeness (QED) is 0.346. The van der Waals surface area contributed by atoms with Crippen molar-refractivity contribution in [2.45, 2.75) is 31.3 Å². The van der Waals surface area contributed by atoms with Gasteiger partial charge in [0.1, 0.15) is 0 Å². The topological polar surface area (TPSA) is 103 Å². The van der Waals surface area contributed by atoms with Gasteiger partial charge in [-0.2, -0.15) is 0 Å². The number of fused-ring (bicyclic) bond motifs is 1. The highest BCUT2D eigenvalue weighted by Gasteiger charge is 2.23. The van der Waals surface area contributed by atoms with Gasteiger partial charge in [-0.1, -0.05) is 18.7 Å². The summed E-state index contributed by atoms with van der Waals surface area (Å²) in [5.41, 5.74) is 3.04. The molecule has 0 radical (unpaired) electrons. The third kappa shape index (κ3) is 4.24. The lowest BCUT2D eigenvalue weighted by molar-refractivity contribution is -0.384. The number of nitro groups is 1. The molecule has 1 atom stereocenters. The van der Waals surface area contributed by atoms with Gasteiger partial charge in [0.15, 0.2) is 11.0 Å². The first-order chi connectivity index (χ1) is 14.4. The number of benzene rings is 1. The smallest absolute Gasteiger partial charge is 0.269 e. The fourth-order valence-corrected chi connectivity index (χ4v) is 5.49. The third-order valence-electron chi connectivity index (χ3n) is 5.17. The molecule has 4 rings (SSSR count). The molecule has 0 bridgehead atoms. The van der Waals surface area contributed by atoms with Gasteiger partial charge >= 0.3 is 0 Å². The molecule has 1 amide bonds. The van der Waals surface area contributed by atoms with Gasteiger partial charge in [0, 0.05) is 40.7 Å². The number of non-ortho nitro benzene ring substituents is 1. The first kappa shape index (κ1) is 20.5. The van der Waals surface area contributed by atoms with E-state index in [1.807, 2.05) is 11.6 Å². The molecule has 156 valence electrons. The molecule has 1 aromatic carbocycles. The normalized spacial score (nSPS) is 15.6. The number of carbonyl (C=O) groups excluding carboxylic acids is 1. The molecule has 0 saturated heterocycles. The molecule has 0 fully saturated rings. The SMILES string of the molecule is CC1CCc2c(-c3nnc(SCC(=O)Nc4ccc([N+](=O)[O-])cc4)n3C)csc2C1. The standard InChI is InChI=1S/C20H21N5O3S2/c1-12-3-8-15-16(10-29-17(15)9-12)19-22-23-20(24(19)2)30-11-18(26)21-13-4-6-14(7-5-13)25(27)28/h4-7,10,12H,3,8-9,11H2,1-2H3,(H,21,26). The van der Waals surface area contributed by atoms with Crippen LogP contribution >= 0.6 is 23.1 Å². The lowest BCUT2D eigenvalue weighted by Gasteiger charge is -2.18. The summed E-state index contributed by atoms with van der Waals surface area (Å²) in [4.78, 5) is 23.9. The second-order valence-corrected chi connectivity index (χ2v) is 9.31. The molecule has 3 aromatic rings. The number of hydrogen-bond donors (Lipinski definition) is 1. The van der Waals surface area contributed by atoms with E-state index < -0.39 is 4.92 Å². The Morgan fingerprint density at radius 2 is 2.13 bits per heavy atom. The summed E-state index contributed by atoms with van der Waals surface area (Å²) in [6, 6.07) is 5.75. The Morgan fingerprint density at radius 3 is 2.87 bits per heavy atom. The predicted octanol–water partition coefficient (Wildman–Crippen LogP) is 4.31. The van der Waals surface area contributed by atoms with Gasteiger partial charge in [0.2, 0.25) is 5.91 Å². The van der Waals surface area contributed by atoms with Crippen LogP contribution in [-0.2, 0) is 24.7 Å². The Bertz CT molecular complexity index is 1090. The summed E-state index contributed by atoms with van der Waals surface area (Å²) in [5, 5.41) is 24.9. The number of aromatic nitrogens is 3. The molecule has 1 N–H and O–H groups in total. The van der Waals surface area contributed by atoms with Crippen molar-refractivity contribution in [1.82, 2.24) is 14.8 Å². The highest BCUT2D eigenvalue weighted by molar-refractivity contribution is 7.99. The van der Waals surface area contributed by atoms with Crippen LogP contribution < -0.4 is 5.32 Å². The first-order valence-electron chi connectivity index (χ1n) is 9.58. The van der Waals surface area contributed by atoms with Gasteiger partial charge < -0.3 is 9.88 Å². The van der Waals surface area contributed by atoms with E-state index in [9.17, 15) is 14.9 Å². The number of amides is 1. The van der Waals surface area contributed by atoms with E-state index in [-0.39, 0.29) is 17.3 Å². The average molecular weight is 444 g/mol. The Labute approximate surface area is 181 Å². The molecule has 0 spiro atoms. The number of carbonyl (C=O) groups is 1. The molecule has 0 saturated carbocycles. The number of anilines is 1. The fourth-order valence-electron chi connectivity index (χ4n) is 3.53. The summed E-state index contributed by atoms with van der Waals surface area (Å²) >= 11 is 3.11. The maximum Gasteiger partial charge on any atom is 0.269 e.